The summed E-state index contributed by atoms with van der Waals surface area (Å²) in [4.78, 5) is 34.6. The lowest BCUT2D eigenvalue weighted by molar-refractivity contribution is -0.148. The first kappa shape index (κ1) is 12.2. The molecule has 1 saturated heterocycles. The average molecular weight is 251 g/mol. The SMILES string of the molecule is O=C(O)CN1C(=O)CC(c2ccccc2F)C1=O. The van der Waals surface area contributed by atoms with Gasteiger partial charge in [-0.05, 0) is 6.07 Å². The number of imide groups is 1. The maximum Gasteiger partial charge on any atom is 0.323 e. The summed E-state index contributed by atoms with van der Waals surface area (Å²) in [6, 6.07) is 5.67. The highest BCUT2D eigenvalue weighted by atomic mass is 19.1. The quantitative estimate of drug-likeness (QED) is 0.804. The fraction of sp³-hybridized carbons (Fsp3) is 0.250. The van der Waals surface area contributed by atoms with Gasteiger partial charge in [0.15, 0.2) is 0 Å². The maximum atomic E-state index is 13.5. The Morgan fingerprint density at radius 2 is 2.06 bits per heavy atom. The van der Waals surface area contributed by atoms with Crippen LogP contribution in [0.2, 0.25) is 0 Å². The third kappa shape index (κ3) is 2.09. The molecule has 1 aromatic rings. The molecule has 1 aliphatic rings. The summed E-state index contributed by atoms with van der Waals surface area (Å²) in [6.45, 7) is -0.678. The van der Waals surface area contributed by atoms with Gasteiger partial charge in [0, 0.05) is 12.0 Å². The zero-order valence-electron chi connectivity index (χ0n) is 9.30. The van der Waals surface area contributed by atoms with Crippen molar-refractivity contribution in [2.45, 2.75) is 12.3 Å². The second-order valence-electron chi connectivity index (χ2n) is 3.99. The maximum absolute atomic E-state index is 13.5. The monoisotopic (exact) mass is 251 g/mol. The molecule has 1 fully saturated rings. The van der Waals surface area contributed by atoms with Gasteiger partial charge >= 0.3 is 5.97 Å². The minimum atomic E-state index is -1.27. The molecule has 94 valence electrons. The second kappa shape index (κ2) is 4.56. The van der Waals surface area contributed by atoms with Crippen molar-refractivity contribution < 1.29 is 23.9 Å². The van der Waals surface area contributed by atoms with E-state index in [0.717, 1.165) is 0 Å². The summed E-state index contributed by atoms with van der Waals surface area (Å²) in [5, 5.41) is 8.60. The summed E-state index contributed by atoms with van der Waals surface area (Å²) in [5.74, 6) is -4.01. The van der Waals surface area contributed by atoms with E-state index in [2.05, 4.69) is 0 Å². The molecule has 6 heteroatoms. The van der Waals surface area contributed by atoms with Gasteiger partial charge in [0.2, 0.25) is 11.8 Å². The number of halogens is 1. The van der Waals surface area contributed by atoms with Gasteiger partial charge in [-0.1, -0.05) is 18.2 Å². The standard InChI is InChI=1S/C12H10FNO4/c13-9-4-2-1-3-7(9)8-5-10(15)14(12(8)18)6-11(16)17/h1-4,8H,5-6H2,(H,16,17). The Balaban J connectivity index is 2.28. The Labute approximate surface area is 102 Å². The van der Waals surface area contributed by atoms with Crippen LogP contribution in [-0.4, -0.2) is 34.3 Å². The van der Waals surface area contributed by atoms with Crippen LogP contribution in [-0.2, 0) is 14.4 Å². The van der Waals surface area contributed by atoms with E-state index >= 15 is 0 Å². The first-order chi connectivity index (χ1) is 8.50. The molecule has 0 aromatic heterocycles. The molecule has 2 rings (SSSR count). The van der Waals surface area contributed by atoms with Crippen molar-refractivity contribution in [1.29, 1.82) is 0 Å². The Kier molecular flexibility index (Phi) is 3.10. The van der Waals surface area contributed by atoms with Crippen molar-refractivity contribution in [2.24, 2.45) is 0 Å². The summed E-state index contributed by atoms with van der Waals surface area (Å²) >= 11 is 0. The second-order valence-corrected chi connectivity index (χ2v) is 3.99. The molecule has 1 N–H and O–H groups in total. The first-order valence-corrected chi connectivity index (χ1v) is 5.31. The van der Waals surface area contributed by atoms with E-state index in [9.17, 15) is 18.8 Å². The fourth-order valence-electron chi connectivity index (χ4n) is 1.99. The molecule has 0 aliphatic carbocycles. The zero-order chi connectivity index (χ0) is 13.3. The smallest absolute Gasteiger partial charge is 0.323 e. The number of carbonyl (C=O) groups is 3. The van der Waals surface area contributed by atoms with E-state index in [0.29, 0.717) is 4.90 Å². The lowest BCUT2D eigenvalue weighted by atomic mass is 9.97. The van der Waals surface area contributed by atoms with E-state index in [1.807, 2.05) is 0 Å². The van der Waals surface area contributed by atoms with Crippen molar-refractivity contribution in [3.05, 3.63) is 35.6 Å². The van der Waals surface area contributed by atoms with E-state index in [1.165, 1.54) is 18.2 Å². The van der Waals surface area contributed by atoms with Crippen molar-refractivity contribution in [3.63, 3.8) is 0 Å². The van der Waals surface area contributed by atoms with Gasteiger partial charge in [0.05, 0.1) is 5.92 Å². The molecule has 2 amide bonds. The normalized spacial score (nSPS) is 19.4. The van der Waals surface area contributed by atoms with E-state index in [4.69, 9.17) is 5.11 Å². The third-order valence-corrected chi connectivity index (χ3v) is 2.82. The summed E-state index contributed by atoms with van der Waals surface area (Å²) in [7, 11) is 0. The van der Waals surface area contributed by atoms with E-state index in [1.54, 1.807) is 6.07 Å². The summed E-state index contributed by atoms with van der Waals surface area (Å²) in [6.07, 6.45) is -0.187. The van der Waals surface area contributed by atoms with Crippen LogP contribution >= 0.6 is 0 Å². The molecule has 0 saturated carbocycles. The minimum absolute atomic E-state index is 0.128. The highest BCUT2D eigenvalue weighted by Crippen LogP contribution is 2.30. The van der Waals surface area contributed by atoms with Gasteiger partial charge in [0.1, 0.15) is 12.4 Å². The highest BCUT2D eigenvalue weighted by Gasteiger charge is 2.41. The van der Waals surface area contributed by atoms with Gasteiger partial charge in [0.25, 0.3) is 0 Å². The lowest BCUT2D eigenvalue weighted by Crippen LogP contribution is -2.35. The van der Waals surface area contributed by atoms with Gasteiger partial charge in [-0.2, -0.15) is 0 Å². The third-order valence-electron chi connectivity index (χ3n) is 2.82. The van der Waals surface area contributed by atoms with Crippen molar-refractivity contribution >= 4 is 17.8 Å². The van der Waals surface area contributed by atoms with Crippen molar-refractivity contribution in [1.82, 2.24) is 4.90 Å². The van der Waals surface area contributed by atoms with Gasteiger partial charge in [-0.25, -0.2) is 4.39 Å². The van der Waals surface area contributed by atoms with Crippen LogP contribution in [0.5, 0.6) is 0 Å². The zero-order valence-corrected chi connectivity index (χ0v) is 9.30. The van der Waals surface area contributed by atoms with E-state index < -0.39 is 36.1 Å². The molecule has 1 aliphatic heterocycles. The van der Waals surface area contributed by atoms with Gasteiger partial charge in [-0.3, -0.25) is 19.3 Å². The molecule has 1 atom stereocenters. The predicted octanol–water partition coefficient (Wildman–Crippen LogP) is 0.753. The van der Waals surface area contributed by atoms with Crippen LogP contribution in [0.25, 0.3) is 0 Å². The Morgan fingerprint density at radius 3 is 2.67 bits per heavy atom. The molecular weight excluding hydrogens is 241 g/mol. The molecule has 0 bridgehead atoms. The van der Waals surface area contributed by atoms with Crippen molar-refractivity contribution in [2.75, 3.05) is 6.54 Å². The number of aliphatic carboxylic acids is 1. The number of nitrogens with zero attached hydrogens (tertiary/aromatic N) is 1. The minimum Gasteiger partial charge on any atom is -0.480 e. The van der Waals surface area contributed by atoms with Gasteiger partial charge < -0.3 is 5.11 Å². The van der Waals surface area contributed by atoms with Crippen LogP contribution in [0.3, 0.4) is 0 Å². The number of amides is 2. The van der Waals surface area contributed by atoms with Crippen LogP contribution in [0.1, 0.15) is 17.9 Å². The molecule has 1 unspecified atom stereocenters. The van der Waals surface area contributed by atoms with Crippen LogP contribution < -0.4 is 0 Å². The molecule has 1 aromatic carbocycles. The Morgan fingerprint density at radius 1 is 1.39 bits per heavy atom. The summed E-state index contributed by atoms with van der Waals surface area (Å²) in [5.41, 5.74) is 0.128. The van der Waals surface area contributed by atoms with Crippen molar-refractivity contribution in [3.8, 4) is 0 Å². The molecule has 0 spiro atoms. The number of carboxylic acid groups (broad SMARTS) is 1. The number of carboxylic acids is 1. The Bertz CT molecular complexity index is 529. The molecule has 1 heterocycles. The van der Waals surface area contributed by atoms with Crippen LogP contribution in [0.4, 0.5) is 4.39 Å². The van der Waals surface area contributed by atoms with E-state index in [-0.39, 0.29) is 12.0 Å². The number of hydrogen-bond acceptors (Lipinski definition) is 3. The molecule has 0 radical (unpaired) electrons. The number of likely N-dealkylation sites (tertiary alicyclic amines) is 1. The number of benzene rings is 1. The summed E-state index contributed by atoms with van der Waals surface area (Å²) < 4.78 is 13.5. The number of carbonyl (C=O) groups excluding carboxylic acids is 2. The van der Waals surface area contributed by atoms with Crippen LogP contribution in [0.15, 0.2) is 24.3 Å². The Hall–Kier alpha value is -2.24. The first-order valence-electron chi connectivity index (χ1n) is 5.31. The van der Waals surface area contributed by atoms with Crippen LogP contribution in [0, 0.1) is 5.82 Å². The lowest BCUT2D eigenvalue weighted by Gasteiger charge is -2.12. The molecule has 18 heavy (non-hydrogen) atoms. The topological polar surface area (TPSA) is 74.7 Å². The van der Waals surface area contributed by atoms with Gasteiger partial charge in [-0.15, -0.1) is 0 Å². The number of rotatable bonds is 3. The highest BCUT2D eigenvalue weighted by molar-refractivity contribution is 6.07. The molecular formula is C12H10FNO4. The fourth-order valence-corrected chi connectivity index (χ4v) is 1.99. The number of hydrogen-bond donors (Lipinski definition) is 1. The largest absolute Gasteiger partial charge is 0.480 e. The average Bonchev–Trinajstić information content (AvgIpc) is 2.57. The molecule has 5 nitrogen and oxygen atoms in total. The predicted molar refractivity (Wildman–Crippen MR) is 58.1 cm³/mol.